The SMILES string of the molecule is CCOC(=O)C1(C2CCN(C)CC2)COC1. The van der Waals surface area contributed by atoms with Gasteiger partial charge in [0.25, 0.3) is 0 Å². The normalized spacial score (nSPS) is 26.1. The van der Waals surface area contributed by atoms with Gasteiger partial charge in [-0.1, -0.05) is 0 Å². The van der Waals surface area contributed by atoms with Gasteiger partial charge in [-0.15, -0.1) is 0 Å². The van der Waals surface area contributed by atoms with Crippen LogP contribution in [0.2, 0.25) is 0 Å². The van der Waals surface area contributed by atoms with Gasteiger partial charge >= 0.3 is 5.97 Å². The highest BCUT2D eigenvalue weighted by Crippen LogP contribution is 2.42. The molecule has 0 atom stereocenters. The molecule has 92 valence electrons. The molecular weight excluding hydrogens is 206 g/mol. The van der Waals surface area contributed by atoms with Gasteiger partial charge in [0.1, 0.15) is 5.41 Å². The minimum atomic E-state index is -0.322. The van der Waals surface area contributed by atoms with Crippen molar-refractivity contribution >= 4 is 5.97 Å². The molecule has 0 aromatic heterocycles. The van der Waals surface area contributed by atoms with Crippen molar-refractivity contribution in [1.29, 1.82) is 0 Å². The van der Waals surface area contributed by atoms with Gasteiger partial charge < -0.3 is 14.4 Å². The van der Waals surface area contributed by atoms with E-state index in [1.54, 1.807) is 0 Å². The van der Waals surface area contributed by atoms with Crippen LogP contribution in [0.4, 0.5) is 0 Å². The lowest BCUT2D eigenvalue weighted by Crippen LogP contribution is -2.57. The van der Waals surface area contributed by atoms with Crippen molar-refractivity contribution in [2.45, 2.75) is 19.8 Å². The highest BCUT2D eigenvalue weighted by molar-refractivity contribution is 5.78. The number of carbonyl (C=O) groups is 1. The molecule has 2 rings (SSSR count). The summed E-state index contributed by atoms with van der Waals surface area (Å²) in [4.78, 5) is 14.3. The van der Waals surface area contributed by atoms with Gasteiger partial charge in [-0.3, -0.25) is 4.79 Å². The van der Waals surface area contributed by atoms with Gasteiger partial charge in [-0.25, -0.2) is 0 Å². The number of piperidine rings is 1. The maximum absolute atomic E-state index is 12.0. The van der Waals surface area contributed by atoms with E-state index in [4.69, 9.17) is 9.47 Å². The smallest absolute Gasteiger partial charge is 0.317 e. The van der Waals surface area contributed by atoms with Crippen molar-refractivity contribution < 1.29 is 14.3 Å². The lowest BCUT2D eigenvalue weighted by molar-refractivity contribution is -0.201. The van der Waals surface area contributed by atoms with Crippen LogP contribution in [-0.2, 0) is 14.3 Å². The Labute approximate surface area is 96.9 Å². The van der Waals surface area contributed by atoms with Crippen molar-refractivity contribution in [2.24, 2.45) is 11.3 Å². The predicted molar refractivity (Wildman–Crippen MR) is 60.1 cm³/mol. The van der Waals surface area contributed by atoms with E-state index < -0.39 is 0 Å². The summed E-state index contributed by atoms with van der Waals surface area (Å²) in [6.07, 6.45) is 2.16. The van der Waals surface area contributed by atoms with Crippen LogP contribution in [0.15, 0.2) is 0 Å². The molecule has 0 saturated carbocycles. The molecule has 0 unspecified atom stereocenters. The summed E-state index contributed by atoms with van der Waals surface area (Å²) < 4.78 is 10.5. The van der Waals surface area contributed by atoms with Crippen molar-refractivity contribution in [2.75, 3.05) is 40.0 Å². The third-order valence-electron chi connectivity index (χ3n) is 3.90. The van der Waals surface area contributed by atoms with E-state index in [0.29, 0.717) is 25.7 Å². The topological polar surface area (TPSA) is 38.8 Å². The standard InChI is InChI=1S/C12H21NO3/c1-3-16-11(14)12(8-15-9-12)10-4-6-13(2)7-5-10/h10H,3-9H2,1-2H3. The van der Waals surface area contributed by atoms with E-state index in [0.717, 1.165) is 25.9 Å². The zero-order valence-corrected chi connectivity index (χ0v) is 10.2. The summed E-state index contributed by atoms with van der Waals surface area (Å²) >= 11 is 0. The number of nitrogens with zero attached hydrogens (tertiary/aromatic N) is 1. The van der Waals surface area contributed by atoms with Crippen molar-refractivity contribution in [3.8, 4) is 0 Å². The molecule has 2 fully saturated rings. The molecule has 0 bridgehead atoms. The Morgan fingerprint density at radius 1 is 1.44 bits per heavy atom. The molecule has 0 aromatic rings. The summed E-state index contributed by atoms with van der Waals surface area (Å²) in [5.74, 6) is 0.396. The predicted octanol–water partition coefficient (Wildman–Crippen LogP) is 0.908. The molecule has 4 nitrogen and oxygen atoms in total. The van der Waals surface area contributed by atoms with Crippen LogP contribution < -0.4 is 0 Å². The number of hydrogen-bond acceptors (Lipinski definition) is 4. The fourth-order valence-electron chi connectivity index (χ4n) is 2.68. The minimum Gasteiger partial charge on any atom is -0.465 e. The first kappa shape index (κ1) is 11.9. The van der Waals surface area contributed by atoms with Crippen LogP contribution in [0.25, 0.3) is 0 Å². The minimum absolute atomic E-state index is 0.0456. The maximum atomic E-state index is 12.0. The van der Waals surface area contributed by atoms with E-state index in [1.807, 2.05) is 6.92 Å². The van der Waals surface area contributed by atoms with E-state index in [2.05, 4.69) is 11.9 Å². The Morgan fingerprint density at radius 3 is 2.50 bits per heavy atom. The second-order valence-corrected chi connectivity index (χ2v) is 4.95. The van der Waals surface area contributed by atoms with Crippen LogP contribution in [0, 0.1) is 11.3 Å². The Bertz CT molecular complexity index is 255. The van der Waals surface area contributed by atoms with E-state index >= 15 is 0 Å². The zero-order valence-electron chi connectivity index (χ0n) is 10.2. The average Bonchev–Trinajstić information content (AvgIpc) is 2.19. The van der Waals surface area contributed by atoms with Crippen molar-refractivity contribution in [3.05, 3.63) is 0 Å². The monoisotopic (exact) mass is 227 g/mol. The van der Waals surface area contributed by atoms with Gasteiger partial charge in [0, 0.05) is 0 Å². The first-order chi connectivity index (χ1) is 7.69. The Balaban J connectivity index is 2.01. The quantitative estimate of drug-likeness (QED) is 0.672. The Hall–Kier alpha value is -0.610. The fourth-order valence-corrected chi connectivity index (χ4v) is 2.68. The Morgan fingerprint density at radius 2 is 2.06 bits per heavy atom. The molecule has 0 N–H and O–H groups in total. The summed E-state index contributed by atoms with van der Waals surface area (Å²) in [5.41, 5.74) is -0.322. The van der Waals surface area contributed by atoms with Crippen LogP contribution in [-0.4, -0.2) is 50.8 Å². The molecule has 16 heavy (non-hydrogen) atoms. The molecule has 0 aliphatic carbocycles. The number of rotatable bonds is 3. The highest BCUT2D eigenvalue weighted by atomic mass is 16.6. The highest BCUT2D eigenvalue weighted by Gasteiger charge is 2.53. The van der Waals surface area contributed by atoms with Gasteiger partial charge in [0.05, 0.1) is 19.8 Å². The summed E-state index contributed by atoms with van der Waals surface area (Å²) in [7, 11) is 2.13. The number of hydrogen-bond donors (Lipinski definition) is 0. The molecule has 2 saturated heterocycles. The number of esters is 1. The van der Waals surface area contributed by atoms with Crippen LogP contribution in [0.3, 0.4) is 0 Å². The third-order valence-corrected chi connectivity index (χ3v) is 3.90. The van der Waals surface area contributed by atoms with E-state index in [1.165, 1.54) is 0 Å². The van der Waals surface area contributed by atoms with Crippen LogP contribution in [0.5, 0.6) is 0 Å². The Kier molecular flexibility index (Phi) is 3.50. The van der Waals surface area contributed by atoms with Crippen LogP contribution >= 0.6 is 0 Å². The third kappa shape index (κ3) is 1.96. The van der Waals surface area contributed by atoms with E-state index in [9.17, 15) is 4.79 Å². The average molecular weight is 227 g/mol. The molecule has 4 heteroatoms. The molecule has 0 amide bonds. The summed E-state index contributed by atoms with van der Waals surface area (Å²) in [5, 5.41) is 0. The zero-order chi connectivity index (χ0) is 11.6. The molecule has 2 heterocycles. The van der Waals surface area contributed by atoms with Gasteiger partial charge in [-0.05, 0) is 45.8 Å². The fraction of sp³-hybridized carbons (Fsp3) is 0.917. The largest absolute Gasteiger partial charge is 0.465 e. The molecular formula is C12H21NO3. The summed E-state index contributed by atoms with van der Waals surface area (Å²) in [6, 6.07) is 0. The lowest BCUT2D eigenvalue weighted by Gasteiger charge is -2.47. The molecule has 2 aliphatic heterocycles. The van der Waals surface area contributed by atoms with Crippen LogP contribution in [0.1, 0.15) is 19.8 Å². The first-order valence-electron chi connectivity index (χ1n) is 6.12. The van der Waals surface area contributed by atoms with E-state index in [-0.39, 0.29) is 11.4 Å². The van der Waals surface area contributed by atoms with Crippen molar-refractivity contribution in [3.63, 3.8) is 0 Å². The van der Waals surface area contributed by atoms with Gasteiger partial charge in [0.2, 0.25) is 0 Å². The molecule has 0 radical (unpaired) electrons. The van der Waals surface area contributed by atoms with Crippen molar-refractivity contribution in [1.82, 2.24) is 4.90 Å². The number of likely N-dealkylation sites (tertiary alicyclic amines) is 1. The molecule has 2 aliphatic rings. The second kappa shape index (κ2) is 4.72. The maximum Gasteiger partial charge on any atom is 0.317 e. The molecule has 0 aromatic carbocycles. The lowest BCUT2D eigenvalue weighted by atomic mass is 9.69. The van der Waals surface area contributed by atoms with Gasteiger partial charge in [-0.2, -0.15) is 0 Å². The number of carbonyl (C=O) groups excluding carboxylic acids is 1. The second-order valence-electron chi connectivity index (χ2n) is 4.95. The molecule has 0 spiro atoms. The number of ether oxygens (including phenoxy) is 2. The first-order valence-corrected chi connectivity index (χ1v) is 6.12. The van der Waals surface area contributed by atoms with Gasteiger partial charge in [0.15, 0.2) is 0 Å². The summed E-state index contributed by atoms with van der Waals surface area (Å²) in [6.45, 7) is 5.59.